The zero-order valence-corrected chi connectivity index (χ0v) is 14.0. The SMILES string of the molecule is CC(C)(C)OC(=O)N1CC[C@@H](c2cc(F)c(F)cc2F)[C@H](CO)C1. The van der Waals surface area contributed by atoms with Gasteiger partial charge in [0.15, 0.2) is 11.6 Å². The lowest BCUT2D eigenvalue weighted by Crippen LogP contribution is -2.46. The molecule has 2 atom stereocenters. The molecule has 2 rings (SSSR count). The van der Waals surface area contributed by atoms with Gasteiger partial charge in [-0.2, -0.15) is 0 Å². The lowest BCUT2D eigenvalue weighted by molar-refractivity contribution is 0.00999. The molecule has 1 aliphatic rings. The first-order chi connectivity index (χ1) is 11.1. The number of rotatable bonds is 2. The van der Waals surface area contributed by atoms with Gasteiger partial charge in [-0.1, -0.05) is 0 Å². The minimum Gasteiger partial charge on any atom is -0.444 e. The van der Waals surface area contributed by atoms with Gasteiger partial charge in [-0.05, 0) is 44.7 Å². The second-order valence-corrected chi connectivity index (χ2v) is 7.05. The molecule has 0 aromatic heterocycles. The lowest BCUT2D eigenvalue weighted by atomic mass is 9.80. The molecule has 0 saturated carbocycles. The molecule has 1 aliphatic heterocycles. The Hall–Kier alpha value is -1.76. The van der Waals surface area contributed by atoms with Crippen LogP contribution < -0.4 is 0 Å². The molecule has 7 heteroatoms. The molecule has 4 nitrogen and oxygen atoms in total. The number of hydrogen-bond acceptors (Lipinski definition) is 3. The smallest absolute Gasteiger partial charge is 0.410 e. The first-order valence-electron chi connectivity index (χ1n) is 7.85. The number of hydrogen-bond donors (Lipinski definition) is 1. The van der Waals surface area contributed by atoms with Gasteiger partial charge < -0.3 is 14.7 Å². The minimum absolute atomic E-state index is 0.0248. The van der Waals surface area contributed by atoms with E-state index in [0.29, 0.717) is 12.5 Å². The summed E-state index contributed by atoms with van der Waals surface area (Å²) in [7, 11) is 0. The van der Waals surface area contributed by atoms with E-state index in [2.05, 4.69) is 0 Å². The van der Waals surface area contributed by atoms with E-state index in [1.165, 1.54) is 4.90 Å². The van der Waals surface area contributed by atoms with Crippen LogP contribution in [0, 0.1) is 23.4 Å². The molecule has 1 saturated heterocycles. The fraction of sp³-hybridized carbons (Fsp3) is 0.588. The number of nitrogens with zero attached hydrogens (tertiary/aromatic N) is 1. The number of aliphatic hydroxyl groups excluding tert-OH is 1. The Morgan fingerprint density at radius 1 is 1.25 bits per heavy atom. The van der Waals surface area contributed by atoms with E-state index in [4.69, 9.17) is 4.74 Å². The van der Waals surface area contributed by atoms with Crippen molar-refractivity contribution in [1.29, 1.82) is 0 Å². The van der Waals surface area contributed by atoms with Crippen LogP contribution in [0.25, 0.3) is 0 Å². The Morgan fingerprint density at radius 3 is 2.46 bits per heavy atom. The molecule has 1 heterocycles. The molecule has 1 aromatic rings. The van der Waals surface area contributed by atoms with Crippen molar-refractivity contribution in [1.82, 2.24) is 4.90 Å². The average molecular weight is 345 g/mol. The predicted octanol–water partition coefficient (Wildman–Crippen LogP) is 3.44. The highest BCUT2D eigenvalue weighted by Gasteiger charge is 2.35. The minimum atomic E-state index is -1.25. The number of carbonyl (C=O) groups excluding carboxylic acids is 1. The first-order valence-corrected chi connectivity index (χ1v) is 7.85. The second kappa shape index (κ2) is 7.01. The molecule has 0 radical (unpaired) electrons. The van der Waals surface area contributed by atoms with Gasteiger partial charge in [-0.25, -0.2) is 18.0 Å². The molecule has 1 aromatic carbocycles. The number of aliphatic hydroxyl groups is 1. The van der Waals surface area contributed by atoms with Crippen LogP contribution in [0.1, 0.15) is 38.7 Å². The molecule has 24 heavy (non-hydrogen) atoms. The van der Waals surface area contributed by atoms with Crippen molar-refractivity contribution in [3.8, 4) is 0 Å². The summed E-state index contributed by atoms with van der Waals surface area (Å²) in [6.07, 6.45) is -0.183. The van der Waals surface area contributed by atoms with E-state index in [-0.39, 0.29) is 25.3 Å². The molecule has 0 spiro atoms. The van der Waals surface area contributed by atoms with Crippen LogP contribution in [-0.2, 0) is 4.74 Å². The van der Waals surface area contributed by atoms with E-state index in [9.17, 15) is 23.1 Å². The van der Waals surface area contributed by atoms with Crippen molar-refractivity contribution in [2.24, 2.45) is 5.92 Å². The predicted molar refractivity (Wildman–Crippen MR) is 82.1 cm³/mol. The maximum Gasteiger partial charge on any atom is 0.410 e. The van der Waals surface area contributed by atoms with Crippen molar-refractivity contribution < 1.29 is 27.8 Å². The third kappa shape index (κ3) is 4.20. The van der Waals surface area contributed by atoms with Crippen molar-refractivity contribution >= 4 is 6.09 Å². The summed E-state index contributed by atoms with van der Waals surface area (Å²) in [5.74, 6) is -4.20. The van der Waals surface area contributed by atoms with Crippen molar-refractivity contribution in [2.45, 2.75) is 38.7 Å². The first kappa shape index (κ1) is 18.6. The Labute approximate surface area is 139 Å². The van der Waals surface area contributed by atoms with Crippen LogP contribution in [0.15, 0.2) is 12.1 Å². The maximum atomic E-state index is 14.0. The van der Waals surface area contributed by atoms with Crippen molar-refractivity contribution in [2.75, 3.05) is 19.7 Å². The molecule has 1 amide bonds. The Morgan fingerprint density at radius 2 is 1.88 bits per heavy atom. The third-order valence-corrected chi connectivity index (χ3v) is 4.06. The normalized spacial score (nSPS) is 21.7. The van der Waals surface area contributed by atoms with Crippen molar-refractivity contribution in [3.05, 3.63) is 35.1 Å². The zero-order chi connectivity index (χ0) is 18.1. The van der Waals surface area contributed by atoms with Gasteiger partial charge >= 0.3 is 6.09 Å². The molecule has 0 unspecified atom stereocenters. The Balaban J connectivity index is 2.16. The van der Waals surface area contributed by atoms with E-state index in [1.54, 1.807) is 20.8 Å². The fourth-order valence-corrected chi connectivity index (χ4v) is 2.94. The fourth-order valence-electron chi connectivity index (χ4n) is 2.94. The molecular formula is C17H22F3NO3. The van der Waals surface area contributed by atoms with E-state index in [1.807, 2.05) is 0 Å². The number of likely N-dealkylation sites (tertiary alicyclic amines) is 1. The highest BCUT2D eigenvalue weighted by molar-refractivity contribution is 5.68. The van der Waals surface area contributed by atoms with Crippen molar-refractivity contribution in [3.63, 3.8) is 0 Å². The van der Waals surface area contributed by atoms with Gasteiger partial charge in [0.05, 0.1) is 0 Å². The molecular weight excluding hydrogens is 323 g/mol. The van der Waals surface area contributed by atoms with Gasteiger partial charge in [-0.15, -0.1) is 0 Å². The maximum absolute atomic E-state index is 14.0. The Bertz CT molecular complexity index is 616. The van der Waals surface area contributed by atoms with E-state index < -0.39 is 41.0 Å². The number of halogens is 3. The summed E-state index contributed by atoms with van der Waals surface area (Å²) in [5, 5.41) is 9.60. The Kier molecular flexibility index (Phi) is 5.42. The highest BCUT2D eigenvalue weighted by Crippen LogP contribution is 2.35. The standard InChI is InChI=1S/C17H22F3NO3/c1-17(2,3)24-16(23)21-5-4-11(10(8-21)9-22)12-6-14(19)15(20)7-13(12)18/h6-7,10-11,22H,4-5,8-9H2,1-3H3/t10-,11+/m0/s1. The largest absolute Gasteiger partial charge is 0.444 e. The summed E-state index contributed by atoms with van der Waals surface area (Å²) in [5.41, 5.74) is -0.619. The molecule has 1 fully saturated rings. The monoisotopic (exact) mass is 345 g/mol. The lowest BCUT2D eigenvalue weighted by Gasteiger charge is -2.38. The molecule has 134 valence electrons. The van der Waals surface area contributed by atoms with Gasteiger partial charge in [-0.3, -0.25) is 0 Å². The second-order valence-electron chi connectivity index (χ2n) is 7.05. The van der Waals surface area contributed by atoms with Gasteiger partial charge in [0.25, 0.3) is 0 Å². The van der Waals surface area contributed by atoms with Crippen LogP contribution in [0.5, 0.6) is 0 Å². The third-order valence-electron chi connectivity index (χ3n) is 4.06. The highest BCUT2D eigenvalue weighted by atomic mass is 19.2. The molecule has 0 bridgehead atoms. The van der Waals surface area contributed by atoms with Crippen LogP contribution in [-0.4, -0.2) is 41.4 Å². The van der Waals surface area contributed by atoms with Crippen LogP contribution >= 0.6 is 0 Å². The van der Waals surface area contributed by atoms with Gasteiger partial charge in [0.1, 0.15) is 11.4 Å². The number of amides is 1. The topological polar surface area (TPSA) is 49.8 Å². The zero-order valence-electron chi connectivity index (χ0n) is 14.0. The quantitative estimate of drug-likeness (QED) is 0.836. The number of benzene rings is 1. The number of ether oxygens (including phenoxy) is 1. The summed E-state index contributed by atoms with van der Waals surface area (Å²) in [6.45, 7) is 5.39. The van der Waals surface area contributed by atoms with E-state index >= 15 is 0 Å². The molecule has 0 aliphatic carbocycles. The summed E-state index contributed by atoms with van der Waals surface area (Å²) >= 11 is 0. The summed E-state index contributed by atoms with van der Waals surface area (Å²) in [6, 6.07) is 1.35. The number of carbonyl (C=O) groups is 1. The molecule has 1 N–H and O–H groups in total. The van der Waals surface area contributed by atoms with Crippen LogP contribution in [0.4, 0.5) is 18.0 Å². The van der Waals surface area contributed by atoms with Crippen LogP contribution in [0.3, 0.4) is 0 Å². The average Bonchev–Trinajstić information content (AvgIpc) is 2.48. The van der Waals surface area contributed by atoms with Crippen LogP contribution in [0.2, 0.25) is 0 Å². The van der Waals surface area contributed by atoms with Gasteiger partial charge in [0.2, 0.25) is 0 Å². The van der Waals surface area contributed by atoms with E-state index in [0.717, 1.165) is 6.07 Å². The number of piperidine rings is 1. The van der Waals surface area contributed by atoms with Gasteiger partial charge in [0, 0.05) is 31.7 Å². The summed E-state index contributed by atoms with van der Waals surface area (Å²) < 4.78 is 45.8. The summed E-state index contributed by atoms with van der Waals surface area (Å²) in [4.78, 5) is 13.6.